The molecule has 3 heteroatoms. The topological polar surface area (TPSA) is 0 Å². The molecule has 0 aromatic heterocycles. The first-order chi connectivity index (χ1) is 6.06. The summed E-state index contributed by atoms with van der Waals surface area (Å²) >= 11 is 11.4. The van der Waals surface area contributed by atoms with Crippen molar-refractivity contribution in [3.63, 3.8) is 0 Å². The van der Waals surface area contributed by atoms with Crippen molar-refractivity contribution in [2.24, 2.45) is 0 Å². The average molecular weight is 221 g/mol. The summed E-state index contributed by atoms with van der Waals surface area (Å²) in [5, 5.41) is 0.588. The van der Waals surface area contributed by atoms with Crippen LogP contribution in [0, 0.1) is 5.82 Å². The van der Waals surface area contributed by atoms with Crippen LogP contribution in [0.4, 0.5) is 4.39 Å². The van der Waals surface area contributed by atoms with Crippen LogP contribution in [0.15, 0.2) is 12.1 Å². The largest absolute Gasteiger partial charge is 0.205 e. The molecular formula is C10H11Cl2F. The molecular weight excluding hydrogens is 210 g/mol. The highest BCUT2D eigenvalue weighted by molar-refractivity contribution is 6.34. The van der Waals surface area contributed by atoms with Gasteiger partial charge in [-0.2, -0.15) is 0 Å². The lowest BCUT2D eigenvalue weighted by Crippen LogP contribution is -1.96. The molecule has 0 nitrogen and oxygen atoms in total. The highest BCUT2D eigenvalue weighted by atomic mass is 35.5. The minimum absolute atomic E-state index is 0.0998. The quantitative estimate of drug-likeness (QED) is 0.638. The minimum atomic E-state index is -0.347. The van der Waals surface area contributed by atoms with E-state index in [0.29, 0.717) is 10.6 Å². The van der Waals surface area contributed by atoms with Crippen LogP contribution in [0.5, 0.6) is 0 Å². The third-order valence-corrected chi connectivity index (χ3v) is 2.66. The molecule has 0 aliphatic heterocycles. The Morgan fingerprint density at radius 1 is 1.38 bits per heavy atom. The van der Waals surface area contributed by atoms with Gasteiger partial charge in [0.05, 0.1) is 5.02 Å². The second-order valence-corrected chi connectivity index (χ2v) is 3.94. The fourth-order valence-corrected chi connectivity index (χ4v) is 1.66. The van der Waals surface area contributed by atoms with E-state index in [1.165, 1.54) is 6.07 Å². The van der Waals surface area contributed by atoms with Crippen LogP contribution in [0.1, 0.15) is 31.7 Å². The van der Waals surface area contributed by atoms with E-state index >= 15 is 0 Å². The van der Waals surface area contributed by atoms with Gasteiger partial charge in [0.25, 0.3) is 0 Å². The summed E-state index contributed by atoms with van der Waals surface area (Å²) in [6.07, 6.45) is 0.869. The van der Waals surface area contributed by atoms with Gasteiger partial charge in [-0.3, -0.25) is 0 Å². The number of halogens is 3. The molecule has 1 atom stereocenters. The van der Waals surface area contributed by atoms with Gasteiger partial charge in [-0.1, -0.05) is 37.0 Å². The van der Waals surface area contributed by atoms with E-state index in [2.05, 4.69) is 0 Å². The molecule has 0 N–H and O–H groups in total. The molecule has 0 heterocycles. The van der Waals surface area contributed by atoms with Crippen molar-refractivity contribution >= 4 is 23.2 Å². The lowest BCUT2D eigenvalue weighted by molar-refractivity contribution is 0.584. The van der Waals surface area contributed by atoms with Crippen molar-refractivity contribution in [1.29, 1.82) is 0 Å². The van der Waals surface area contributed by atoms with Gasteiger partial charge < -0.3 is 0 Å². The van der Waals surface area contributed by atoms with Crippen molar-refractivity contribution < 1.29 is 4.39 Å². The molecule has 0 unspecified atom stereocenters. The Kier molecular flexibility index (Phi) is 3.57. The van der Waals surface area contributed by atoms with Gasteiger partial charge in [-0.15, -0.1) is 0 Å². The first kappa shape index (κ1) is 10.8. The first-order valence-electron chi connectivity index (χ1n) is 4.20. The van der Waals surface area contributed by atoms with Crippen LogP contribution in [-0.4, -0.2) is 0 Å². The summed E-state index contributed by atoms with van der Waals surface area (Å²) in [6.45, 7) is 3.95. The molecule has 1 aromatic carbocycles. The summed E-state index contributed by atoms with van der Waals surface area (Å²) < 4.78 is 13.4. The van der Waals surface area contributed by atoms with E-state index in [1.54, 1.807) is 6.07 Å². The summed E-state index contributed by atoms with van der Waals surface area (Å²) in [6, 6.07) is 3.06. The maximum absolute atomic E-state index is 13.4. The number of benzene rings is 1. The molecule has 0 bridgehead atoms. The monoisotopic (exact) mass is 220 g/mol. The summed E-state index contributed by atoms with van der Waals surface area (Å²) in [5.74, 6) is -0.198. The van der Waals surface area contributed by atoms with Crippen LogP contribution < -0.4 is 0 Å². The van der Waals surface area contributed by atoms with Gasteiger partial charge in [-0.05, 0) is 30.0 Å². The third kappa shape index (κ3) is 2.35. The fraction of sp³-hybridized carbons (Fsp3) is 0.400. The van der Waals surface area contributed by atoms with Crippen molar-refractivity contribution in [2.45, 2.75) is 26.2 Å². The maximum Gasteiger partial charge on any atom is 0.145 e. The van der Waals surface area contributed by atoms with Gasteiger partial charge in [0, 0.05) is 5.02 Å². The van der Waals surface area contributed by atoms with E-state index in [4.69, 9.17) is 23.2 Å². The SMILES string of the molecule is CC[C@@H](C)c1cc(Cl)cc(Cl)c1F. The normalized spacial score (nSPS) is 13.0. The second-order valence-electron chi connectivity index (χ2n) is 3.10. The molecule has 0 amide bonds. The second kappa shape index (κ2) is 4.30. The van der Waals surface area contributed by atoms with Crippen LogP contribution >= 0.6 is 23.2 Å². The number of hydrogen-bond acceptors (Lipinski definition) is 0. The molecule has 0 saturated heterocycles. The molecule has 0 fully saturated rings. The Hall–Kier alpha value is -0.270. The number of rotatable bonds is 2. The summed E-state index contributed by atoms with van der Waals surface area (Å²) in [5.41, 5.74) is 0.597. The first-order valence-corrected chi connectivity index (χ1v) is 4.96. The molecule has 0 radical (unpaired) electrons. The van der Waals surface area contributed by atoms with Gasteiger partial charge >= 0.3 is 0 Å². The lowest BCUT2D eigenvalue weighted by Gasteiger charge is -2.11. The Bertz CT molecular complexity index is 310. The van der Waals surface area contributed by atoms with Crippen molar-refractivity contribution in [3.05, 3.63) is 33.6 Å². The van der Waals surface area contributed by atoms with E-state index in [9.17, 15) is 4.39 Å². The predicted octanol–water partition coefficient (Wildman–Crippen LogP) is 4.65. The maximum atomic E-state index is 13.4. The van der Waals surface area contributed by atoms with E-state index < -0.39 is 0 Å². The van der Waals surface area contributed by atoms with Crippen LogP contribution in [-0.2, 0) is 0 Å². The average Bonchev–Trinajstić information content (AvgIpc) is 2.10. The molecule has 1 aromatic rings. The zero-order valence-corrected chi connectivity index (χ0v) is 9.08. The molecule has 0 aliphatic rings. The van der Waals surface area contributed by atoms with Gasteiger partial charge in [0.2, 0.25) is 0 Å². The minimum Gasteiger partial charge on any atom is -0.205 e. The van der Waals surface area contributed by atoms with Crippen LogP contribution in [0.25, 0.3) is 0 Å². The Balaban J connectivity index is 3.20. The van der Waals surface area contributed by atoms with Gasteiger partial charge in [0.15, 0.2) is 0 Å². The zero-order valence-electron chi connectivity index (χ0n) is 7.57. The molecule has 13 heavy (non-hydrogen) atoms. The molecule has 72 valence electrons. The van der Waals surface area contributed by atoms with E-state index in [1.807, 2.05) is 13.8 Å². The Labute approximate surface area is 87.7 Å². The van der Waals surface area contributed by atoms with E-state index in [0.717, 1.165) is 6.42 Å². The standard InChI is InChI=1S/C10H11Cl2F/c1-3-6(2)8-4-7(11)5-9(12)10(8)13/h4-6H,3H2,1-2H3/t6-/m1/s1. The van der Waals surface area contributed by atoms with Crippen LogP contribution in [0.2, 0.25) is 10.0 Å². The number of hydrogen-bond donors (Lipinski definition) is 0. The highest BCUT2D eigenvalue weighted by Crippen LogP contribution is 2.30. The van der Waals surface area contributed by atoms with Crippen LogP contribution in [0.3, 0.4) is 0 Å². The van der Waals surface area contributed by atoms with E-state index in [-0.39, 0.29) is 16.8 Å². The summed E-state index contributed by atoms with van der Waals surface area (Å²) in [4.78, 5) is 0. The van der Waals surface area contributed by atoms with Gasteiger partial charge in [0.1, 0.15) is 5.82 Å². The highest BCUT2D eigenvalue weighted by Gasteiger charge is 2.13. The van der Waals surface area contributed by atoms with Crippen molar-refractivity contribution in [3.8, 4) is 0 Å². The smallest absolute Gasteiger partial charge is 0.145 e. The Morgan fingerprint density at radius 2 is 2.00 bits per heavy atom. The van der Waals surface area contributed by atoms with Crippen molar-refractivity contribution in [1.82, 2.24) is 0 Å². The zero-order chi connectivity index (χ0) is 10.0. The van der Waals surface area contributed by atoms with Crippen molar-refractivity contribution in [2.75, 3.05) is 0 Å². The third-order valence-electron chi connectivity index (χ3n) is 2.16. The molecule has 0 aliphatic carbocycles. The lowest BCUT2D eigenvalue weighted by atomic mass is 9.98. The van der Waals surface area contributed by atoms with Gasteiger partial charge in [-0.25, -0.2) is 4.39 Å². The molecule has 0 saturated carbocycles. The molecule has 0 spiro atoms. The predicted molar refractivity (Wildman–Crippen MR) is 55.1 cm³/mol. The fourth-order valence-electron chi connectivity index (χ4n) is 1.15. The summed E-state index contributed by atoms with van der Waals surface area (Å²) in [7, 11) is 0. The Morgan fingerprint density at radius 3 is 2.54 bits per heavy atom. The molecule has 1 rings (SSSR count).